The van der Waals surface area contributed by atoms with Gasteiger partial charge in [0, 0.05) is 43.8 Å². The lowest BCUT2D eigenvalue weighted by atomic mass is 10.1. The van der Waals surface area contributed by atoms with Crippen molar-refractivity contribution in [3.05, 3.63) is 104 Å². The Morgan fingerprint density at radius 2 is 1.89 bits per heavy atom. The molecule has 9 heteroatoms. The molecule has 1 atom stereocenters. The first kappa shape index (κ1) is 25.9. The van der Waals surface area contributed by atoms with Gasteiger partial charge < -0.3 is 9.88 Å². The average molecular weight is 591 g/mol. The molecule has 5 rings (SSSR count). The lowest BCUT2D eigenvalue weighted by Gasteiger charge is -2.13. The van der Waals surface area contributed by atoms with Gasteiger partial charge in [-0.1, -0.05) is 59.6 Å². The summed E-state index contributed by atoms with van der Waals surface area (Å²) in [7, 11) is 0. The van der Waals surface area contributed by atoms with E-state index in [2.05, 4.69) is 33.3 Å². The molecule has 1 N–H and O–H groups in total. The highest BCUT2D eigenvalue weighted by Gasteiger charge is 2.16. The predicted molar refractivity (Wildman–Crippen MR) is 157 cm³/mol. The van der Waals surface area contributed by atoms with Gasteiger partial charge in [0.05, 0.1) is 17.1 Å². The molecule has 7 nitrogen and oxygen atoms in total. The Morgan fingerprint density at radius 3 is 2.66 bits per heavy atom. The van der Waals surface area contributed by atoms with Crippen molar-refractivity contribution in [2.24, 2.45) is 5.10 Å². The van der Waals surface area contributed by atoms with Gasteiger partial charge in [0.25, 0.3) is 5.56 Å². The maximum Gasteiger partial charge on any atom is 0.282 e. The number of fused-ring (bicyclic) bond motifs is 2. The minimum atomic E-state index is -0.228. The summed E-state index contributed by atoms with van der Waals surface area (Å²) in [4.78, 5) is 31.0. The van der Waals surface area contributed by atoms with E-state index >= 15 is 0 Å². The number of amides is 1. The standard InChI is InChI=1S/C29H25BrClN5O2/c1-3-18(2)28-34-25-13-8-20(30)14-24(25)29(38)36(28)32-15-19-16-35(26-7-5-4-6-23(19)26)17-27(37)33-22-11-9-21(31)10-12-22/h4-16,18H,3,17H2,1-2H3,(H,33,37)/t18-/m0/s1. The Hall–Kier alpha value is -3.75. The zero-order valence-corrected chi connectivity index (χ0v) is 23.2. The fourth-order valence-electron chi connectivity index (χ4n) is 4.30. The van der Waals surface area contributed by atoms with E-state index in [0.29, 0.717) is 27.4 Å². The van der Waals surface area contributed by atoms with Crippen LogP contribution in [0.5, 0.6) is 0 Å². The van der Waals surface area contributed by atoms with Crippen LogP contribution in [-0.4, -0.2) is 26.3 Å². The van der Waals surface area contributed by atoms with Crippen molar-refractivity contribution in [1.82, 2.24) is 14.2 Å². The van der Waals surface area contributed by atoms with Crippen molar-refractivity contribution in [3.8, 4) is 0 Å². The molecule has 0 unspecified atom stereocenters. The molecule has 2 heterocycles. The predicted octanol–water partition coefficient (Wildman–Crippen LogP) is 6.80. The Kier molecular flexibility index (Phi) is 7.44. The third kappa shape index (κ3) is 5.28. The number of benzene rings is 3. The van der Waals surface area contributed by atoms with Crippen LogP contribution in [0.2, 0.25) is 5.02 Å². The molecule has 0 radical (unpaired) electrons. The monoisotopic (exact) mass is 589 g/mol. The number of rotatable bonds is 7. The van der Waals surface area contributed by atoms with Gasteiger partial charge in [-0.25, -0.2) is 4.98 Å². The van der Waals surface area contributed by atoms with Crippen LogP contribution in [0.4, 0.5) is 5.69 Å². The second kappa shape index (κ2) is 10.9. The topological polar surface area (TPSA) is 81.3 Å². The van der Waals surface area contributed by atoms with Crippen LogP contribution < -0.4 is 10.9 Å². The van der Waals surface area contributed by atoms with Crippen molar-refractivity contribution >= 4 is 67.1 Å². The molecule has 0 saturated carbocycles. The van der Waals surface area contributed by atoms with Crippen molar-refractivity contribution < 1.29 is 4.79 Å². The Morgan fingerprint density at radius 1 is 1.13 bits per heavy atom. The van der Waals surface area contributed by atoms with Crippen LogP contribution in [0.1, 0.15) is 37.6 Å². The molecule has 0 fully saturated rings. The van der Waals surface area contributed by atoms with E-state index in [1.807, 2.05) is 54.1 Å². The molecule has 38 heavy (non-hydrogen) atoms. The zero-order chi connectivity index (χ0) is 26.8. The second-order valence-corrected chi connectivity index (χ2v) is 10.4. The summed E-state index contributed by atoms with van der Waals surface area (Å²) in [5.74, 6) is 0.469. The number of nitrogens with one attached hydrogen (secondary N) is 1. The Bertz CT molecular complexity index is 1740. The molecular weight excluding hydrogens is 566 g/mol. The number of nitrogens with zero attached hydrogens (tertiary/aromatic N) is 4. The molecule has 192 valence electrons. The lowest BCUT2D eigenvalue weighted by Crippen LogP contribution is -2.23. The number of hydrogen-bond donors (Lipinski definition) is 1. The lowest BCUT2D eigenvalue weighted by molar-refractivity contribution is -0.116. The molecule has 2 aromatic heterocycles. The first-order valence-electron chi connectivity index (χ1n) is 12.2. The van der Waals surface area contributed by atoms with Crippen LogP contribution >= 0.6 is 27.5 Å². The van der Waals surface area contributed by atoms with E-state index in [1.165, 1.54) is 4.68 Å². The molecule has 0 saturated heterocycles. The summed E-state index contributed by atoms with van der Waals surface area (Å²) in [5.41, 5.74) is 2.76. The van der Waals surface area contributed by atoms with E-state index in [-0.39, 0.29) is 23.9 Å². The number of anilines is 1. The van der Waals surface area contributed by atoms with Gasteiger partial charge in [-0.2, -0.15) is 9.78 Å². The van der Waals surface area contributed by atoms with Crippen LogP contribution in [0.25, 0.3) is 21.8 Å². The molecule has 5 aromatic rings. The molecule has 0 bridgehead atoms. The van der Waals surface area contributed by atoms with Gasteiger partial charge in [0.2, 0.25) is 5.91 Å². The molecule has 0 spiro atoms. The van der Waals surface area contributed by atoms with Crippen LogP contribution in [-0.2, 0) is 11.3 Å². The van der Waals surface area contributed by atoms with E-state index in [0.717, 1.165) is 27.4 Å². The summed E-state index contributed by atoms with van der Waals surface area (Å²) in [6.07, 6.45) is 4.34. The largest absolute Gasteiger partial charge is 0.337 e. The highest BCUT2D eigenvalue weighted by Crippen LogP contribution is 2.23. The van der Waals surface area contributed by atoms with Crippen molar-refractivity contribution in [3.63, 3.8) is 0 Å². The summed E-state index contributed by atoms with van der Waals surface area (Å²) in [5, 5.41) is 9.53. The first-order chi connectivity index (χ1) is 18.3. The highest BCUT2D eigenvalue weighted by atomic mass is 79.9. The number of carbonyl (C=O) groups excluding carboxylic acids is 1. The Labute approximate surface area is 232 Å². The number of carbonyl (C=O) groups is 1. The van der Waals surface area contributed by atoms with Gasteiger partial charge in [-0.05, 0) is 55.0 Å². The fraction of sp³-hybridized carbons (Fsp3) is 0.172. The van der Waals surface area contributed by atoms with E-state index in [4.69, 9.17) is 16.6 Å². The summed E-state index contributed by atoms with van der Waals surface area (Å²) in [6, 6.07) is 20.2. The second-order valence-electron chi connectivity index (χ2n) is 9.09. The van der Waals surface area contributed by atoms with E-state index < -0.39 is 0 Å². The summed E-state index contributed by atoms with van der Waals surface area (Å²) in [6.45, 7) is 4.20. The van der Waals surface area contributed by atoms with Crippen molar-refractivity contribution in [2.45, 2.75) is 32.7 Å². The fourth-order valence-corrected chi connectivity index (χ4v) is 4.78. The molecule has 0 aliphatic heterocycles. The van der Waals surface area contributed by atoms with Crippen molar-refractivity contribution in [2.75, 3.05) is 5.32 Å². The van der Waals surface area contributed by atoms with Crippen LogP contribution in [0.15, 0.2) is 87.3 Å². The van der Waals surface area contributed by atoms with Crippen LogP contribution in [0, 0.1) is 0 Å². The minimum Gasteiger partial charge on any atom is -0.337 e. The number of hydrogen-bond acceptors (Lipinski definition) is 4. The molecule has 0 aliphatic rings. The van der Waals surface area contributed by atoms with Gasteiger partial charge in [0.1, 0.15) is 12.4 Å². The summed E-state index contributed by atoms with van der Waals surface area (Å²) < 4.78 is 4.06. The average Bonchev–Trinajstić information content (AvgIpc) is 3.26. The minimum absolute atomic E-state index is 0.0332. The van der Waals surface area contributed by atoms with Gasteiger partial charge >= 0.3 is 0 Å². The smallest absolute Gasteiger partial charge is 0.282 e. The highest BCUT2D eigenvalue weighted by molar-refractivity contribution is 9.10. The van der Waals surface area contributed by atoms with E-state index in [9.17, 15) is 9.59 Å². The summed E-state index contributed by atoms with van der Waals surface area (Å²) >= 11 is 9.39. The molecule has 1 amide bonds. The van der Waals surface area contributed by atoms with E-state index in [1.54, 1.807) is 36.5 Å². The normalized spacial score (nSPS) is 12.4. The third-order valence-electron chi connectivity index (χ3n) is 6.46. The van der Waals surface area contributed by atoms with Crippen LogP contribution in [0.3, 0.4) is 0 Å². The Balaban J connectivity index is 1.52. The van der Waals surface area contributed by atoms with Gasteiger partial charge in [-0.15, -0.1) is 0 Å². The molecule has 0 aliphatic carbocycles. The van der Waals surface area contributed by atoms with Crippen molar-refractivity contribution in [1.29, 1.82) is 0 Å². The van der Waals surface area contributed by atoms with Gasteiger partial charge in [-0.3, -0.25) is 9.59 Å². The SMILES string of the molecule is CC[C@H](C)c1nc2ccc(Br)cc2c(=O)n1N=Cc1cn(CC(=O)Nc2ccc(Cl)cc2)c2ccccc12. The maximum absolute atomic E-state index is 13.5. The number of para-hydroxylation sites is 1. The van der Waals surface area contributed by atoms with Gasteiger partial charge in [0.15, 0.2) is 0 Å². The quantitative estimate of drug-likeness (QED) is 0.212. The number of halogens is 2. The third-order valence-corrected chi connectivity index (χ3v) is 7.21. The molecular formula is C29H25BrClN5O2. The molecule has 3 aromatic carbocycles. The first-order valence-corrected chi connectivity index (χ1v) is 13.4. The maximum atomic E-state index is 13.5. The number of aromatic nitrogens is 3. The zero-order valence-electron chi connectivity index (χ0n) is 20.9.